The van der Waals surface area contributed by atoms with Crippen molar-refractivity contribution >= 4 is 25.8 Å². The highest BCUT2D eigenvalue weighted by atomic mass is 31.0. The maximum absolute atomic E-state index is 14.0. The lowest BCUT2D eigenvalue weighted by Crippen LogP contribution is -2.50. The van der Waals surface area contributed by atoms with Gasteiger partial charge in [-0.15, -0.1) is 8.86 Å². The van der Waals surface area contributed by atoms with Crippen molar-refractivity contribution in [1.29, 1.82) is 0 Å². The van der Waals surface area contributed by atoms with Crippen LogP contribution >= 0.6 is 8.86 Å². The first-order chi connectivity index (χ1) is 14.4. The summed E-state index contributed by atoms with van der Waals surface area (Å²) in [6.45, 7) is 4.48. The molecule has 0 N–H and O–H groups in total. The third-order valence-corrected chi connectivity index (χ3v) is 6.77. The Bertz CT molecular complexity index is 1010. The molecule has 156 valence electrons. The molecule has 1 aliphatic heterocycles. The van der Waals surface area contributed by atoms with Gasteiger partial charge in [0.05, 0.1) is 6.54 Å². The summed E-state index contributed by atoms with van der Waals surface area (Å²) in [4.78, 5) is 20.5. The lowest BCUT2D eigenvalue weighted by molar-refractivity contribution is -0.127. The minimum atomic E-state index is -0.493. The van der Waals surface area contributed by atoms with Crippen molar-refractivity contribution in [2.45, 2.75) is 58.0 Å². The summed E-state index contributed by atoms with van der Waals surface area (Å²) in [5.41, 5.74) is 3.97. The third-order valence-electron chi connectivity index (χ3n) is 6.34. The Morgan fingerprint density at radius 3 is 2.50 bits per heavy atom. The second kappa shape index (κ2) is 8.43. The van der Waals surface area contributed by atoms with Gasteiger partial charge in [-0.05, 0) is 67.6 Å². The van der Waals surface area contributed by atoms with Gasteiger partial charge in [0.25, 0.3) is 5.91 Å². The van der Waals surface area contributed by atoms with Gasteiger partial charge in [-0.2, -0.15) is 0 Å². The quantitative estimate of drug-likeness (QED) is 0.598. The molecule has 2 aliphatic rings. The Labute approximate surface area is 180 Å². The average Bonchev–Trinajstić information content (AvgIpc) is 3.00. The molecule has 0 radical (unpaired) electrons. The number of benzene rings is 2. The number of aryl methyl sites for hydroxylation is 2. The predicted octanol–water partition coefficient (Wildman–Crippen LogP) is 5.35. The van der Waals surface area contributed by atoms with E-state index in [1.807, 2.05) is 42.2 Å². The van der Waals surface area contributed by atoms with Crippen LogP contribution in [0, 0.1) is 12.7 Å². The van der Waals surface area contributed by atoms with Crippen LogP contribution in [0.1, 0.15) is 61.3 Å². The zero-order chi connectivity index (χ0) is 21.3. The van der Waals surface area contributed by atoms with Crippen LogP contribution in [0.15, 0.2) is 47.5 Å². The molecule has 2 aromatic carbocycles. The molecule has 30 heavy (non-hydrogen) atoms. The van der Waals surface area contributed by atoms with Crippen LogP contribution in [-0.4, -0.2) is 34.0 Å². The molecule has 0 saturated heterocycles. The molecular formula is C25H28FN2OP. The van der Waals surface area contributed by atoms with Crippen LogP contribution in [0.4, 0.5) is 4.39 Å². The maximum atomic E-state index is 14.0. The third kappa shape index (κ3) is 3.86. The van der Waals surface area contributed by atoms with E-state index in [4.69, 9.17) is 4.99 Å². The molecule has 0 aromatic heterocycles. The van der Waals surface area contributed by atoms with Crippen molar-refractivity contribution in [3.8, 4) is 0 Å². The number of rotatable bonds is 5. The first kappa shape index (κ1) is 20.9. The summed E-state index contributed by atoms with van der Waals surface area (Å²) in [6.07, 6.45) is 5.84. The molecule has 1 fully saturated rings. The Kier molecular flexibility index (Phi) is 5.88. The van der Waals surface area contributed by atoms with Gasteiger partial charge >= 0.3 is 0 Å². The van der Waals surface area contributed by atoms with Gasteiger partial charge in [0.15, 0.2) is 0 Å². The van der Waals surface area contributed by atoms with Gasteiger partial charge in [-0.25, -0.2) is 4.39 Å². The fourth-order valence-electron chi connectivity index (χ4n) is 4.63. The number of hydrogen-bond donors (Lipinski definition) is 0. The van der Waals surface area contributed by atoms with Gasteiger partial charge in [0.1, 0.15) is 17.2 Å². The molecule has 1 amide bonds. The first-order valence-corrected chi connectivity index (χ1v) is 11.3. The van der Waals surface area contributed by atoms with Crippen LogP contribution in [0.5, 0.6) is 0 Å². The molecule has 1 aliphatic carbocycles. The molecule has 1 heterocycles. The van der Waals surface area contributed by atoms with Crippen LogP contribution in [-0.2, 0) is 11.2 Å². The van der Waals surface area contributed by atoms with E-state index < -0.39 is 5.66 Å². The molecule has 4 rings (SSSR count). The van der Waals surface area contributed by atoms with E-state index in [9.17, 15) is 9.18 Å². The van der Waals surface area contributed by atoms with Gasteiger partial charge in [-0.1, -0.05) is 49.2 Å². The van der Waals surface area contributed by atoms with Gasteiger partial charge in [0, 0.05) is 5.56 Å². The van der Waals surface area contributed by atoms with E-state index in [0.29, 0.717) is 12.3 Å². The molecule has 0 atom stereocenters. The van der Waals surface area contributed by atoms with Crippen LogP contribution in [0.2, 0.25) is 0 Å². The number of nitrogens with zero attached hydrogens (tertiary/aromatic N) is 2. The molecule has 5 heteroatoms. The fourth-order valence-corrected chi connectivity index (χ4v) is 5.02. The Balaban J connectivity index is 1.68. The highest BCUT2D eigenvalue weighted by Crippen LogP contribution is 2.40. The van der Waals surface area contributed by atoms with Gasteiger partial charge in [-0.3, -0.25) is 9.79 Å². The Morgan fingerprint density at radius 2 is 1.83 bits per heavy atom. The SMILES string of the molecule is CCc1ccc(F)cc1C(=P)CN1C(=O)C(c2ccc(C)cc2)=NC12CCCCC2. The Morgan fingerprint density at radius 1 is 1.13 bits per heavy atom. The number of hydrogen-bond acceptors (Lipinski definition) is 2. The van der Waals surface area contributed by atoms with Crippen LogP contribution in [0.25, 0.3) is 0 Å². The second-order valence-corrected chi connectivity index (χ2v) is 9.00. The van der Waals surface area contributed by atoms with Crippen molar-refractivity contribution < 1.29 is 9.18 Å². The average molecular weight is 422 g/mol. The number of halogens is 1. The summed E-state index contributed by atoms with van der Waals surface area (Å²) in [5, 5.41) is 0.824. The number of aliphatic imine (C=N–C) groups is 1. The molecule has 0 bridgehead atoms. The van der Waals surface area contributed by atoms with Crippen molar-refractivity contribution in [3.05, 3.63) is 70.5 Å². The van der Waals surface area contributed by atoms with E-state index in [1.165, 1.54) is 12.5 Å². The number of amides is 1. The Hall–Kier alpha value is -2.32. The van der Waals surface area contributed by atoms with Crippen molar-refractivity contribution in [2.75, 3.05) is 6.54 Å². The summed E-state index contributed by atoms with van der Waals surface area (Å²) in [7, 11) is 3.75. The monoisotopic (exact) mass is 422 g/mol. The standard InChI is InChI=1S/C25H28FN2OP/c1-3-18-11-12-20(26)15-21(18)22(30)16-28-24(29)23(19-9-7-17(2)8-10-19)27-25(28)13-5-4-6-14-25/h7-12,15,30H,3-6,13-14,16H2,1-2H3. The first-order valence-electron chi connectivity index (χ1n) is 10.8. The van der Waals surface area contributed by atoms with E-state index in [-0.39, 0.29) is 11.7 Å². The van der Waals surface area contributed by atoms with E-state index in [2.05, 4.69) is 15.8 Å². The van der Waals surface area contributed by atoms with E-state index in [0.717, 1.165) is 59.7 Å². The molecule has 1 spiro atoms. The lowest BCUT2D eigenvalue weighted by Gasteiger charge is -2.39. The summed E-state index contributed by atoms with van der Waals surface area (Å²) < 4.78 is 14.0. The normalized spacial score (nSPS) is 18.0. The fraction of sp³-hybridized carbons (Fsp3) is 0.400. The zero-order valence-corrected chi connectivity index (χ0v) is 18.7. The minimum Gasteiger partial charge on any atom is -0.308 e. The molecule has 0 unspecified atom stereocenters. The minimum absolute atomic E-state index is 0.0362. The van der Waals surface area contributed by atoms with Crippen molar-refractivity contribution in [1.82, 2.24) is 4.90 Å². The van der Waals surface area contributed by atoms with Gasteiger partial charge < -0.3 is 4.90 Å². The molecule has 2 aromatic rings. The number of carbonyl (C=O) groups excluding carboxylic acids is 1. The molecular weight excluding hydrogens is 394 g/mol. The second-order valence-electron chi connectivity index (χ2n) is 8.39. The zero-order valence-electron chi connectivity index (χ0n) is 17.7. The van der Waals surface area contributed by atoms with Crippen molar-refractivity contribution in [2.24, 2.45) is 4.99 Å². The lowest BCUT2D eigenvalue weighted by atomic mass is 9.88. The van der Waals surface area contributed by atoms with Crippen LogP contribution in [0.3, 0.4) is 0 Å². The topological polar surface area (TPSA) is 32.7 Å². The van der Waals surface area contributed by atoms with Gasteiger partial charge in [0.2, 0.25) is 0 Å². The summed E-state index contributed by atoms with van der Waals surface area (Å²) in [5.74, 6) is -0.305. The van der Waals surface area contributed by atoms with Crippen molar-refractivity contribution in [3.63, 3.8) is 0 Å². The predicted molar refractivity (Wildman–Crippen MR) is 123 cm³/mol. The largest absolute Gasteiger partial charge is 0.308 e. The maximum Gasteiger partial charge on any atom is 0.274 e. The van der Waals surface area contributed by atoms with E-state index in [1.54, 1.807) is 6.07 Å². The summed E-state index contributed by atoms with van der Waals surface area (Å²) >= 11 is 0. The van der Waals surface area contributed by atoms with E-state index >= 15 is 0 Å². The summed E-state index contributed by atoms with van der Waals surface area (Å²) in [6, 6.07) is 12.9. The van der Waals surface area contributed by atoms with Crippen LogP contribution < -0.4 is 0 Å². The molecule has 3 nitrogen and oxygen atoms in total. The highest BCUT2D eigenvalue weighted by molar-refractivity contribution is 7.22. The smallest absolute Gasteiger partial charge is 0.274 e. The molecule has 1 saturated carbocycles. The highest BCUT2D eigenvalue weighted by Gasteiger charge is 2.47. The number of carbonyl (C=O) groups is 1.